The van der Waals surface area contributed by atoms with Crippen LogP contribution in [0, 0.1) is 0 Å². The molecule has 2 N–H and O–H groups in total. The van der Waals surface area contributed by atoms with Gasteiger partial charge in [0.1, 0.15) is 0 Å². The van der Waals surface area contributed by atoms with Crippen molar-refractivity contribution in [2.75, 3.05) is 6.54 Å². The van der Waals surface area contributed by atoms with Gasteiger partial charge < -0.3 is 10.6 Å². The lowest BCUT2D eigenvalue weighted by Crippen LogP contribution is -2.35. The number of carbonyl (C=O) groups excluding carboxylic acids is 1. The second-order valence-corrected chi connectivity index (χ2v) is 5.36. The second-order valence-electron chi connectivity index (χ2n) is 4.43. The molecule has 1 aromatic rings. The van der Waals surface area contributed by atoms with Crippen molar-refractivity contribution < 1.29 is 4.79 Å². The molecule has 3 nitrogen and oxygen atoms in total. The molecule has 1 aromatic carbocycles. The van der Waals surface area contributed by atoms with Crippen molar-refractivity contribution in [3.05, 3.63) is 34.9 Å². The van der Waals surface area contributed by atoms with Gasteiger partial charge in [0.2, 0.25) is 0 Å². The Balaban J connectivity index is 2.13. The molecule has 0 bridgehead atoms. The van der Waals surface area contributed by atoms with E-state index in [2.05, 4.69) is 0 Å². The van der Waals surface area contributed by atoms with Crippen LogP contribution in [-0.2, 0) is 0 Å². The van der Waals surface area contributed by atoms with Crippen molar-refractivity contribution in [1.82, 2.24) is 4.90 Å². The van der Waals surface area contributed by atoms with E-state index in [1.807, 2.05) is 17.0 Å². The van der Waals surface area contributed by atoms with E-state index >= 15 is 0 Å². The second kappa shape index (κ2) is 5.67. The fraction of sp³-hybridized carbons (Fsp3) is 0.385. The zero-order valence-electron chi connectivity index (χ0n) is 9.93. The standard InChI is InChI=1S/C13H15ClN2OS/c14-11-4-2-1-3-10(11)13(17)16(9-5-6-9)8-7-12(15)18/h1-4,9H,5-8H2,(H2,15,18). The van der Waals surface area contributed by atoms with Crippen LogP contribution < -0.4 is 5.73 Å². The molecule has 0 unspecified atom stereocenters. The lowest BCUT2D eigenvalue weighted by Gasteiger charge is -2.22. The summed E-state index contributed by atoms with van der Waals surface area (Å²) in [6.45, 7) is 0.573. The van der Waals surface area contributed by atoms with E-state index in [0.717, 1.165) is 12.8 Å². The first-order valence-electron chi connectivity index (χ1n) is 5.93. The summed E-state index contributed by atoms with van der Waals surface area (Å²) in [6, 6.07) is 7.44. The van der Waals surface area contributed by atoms with Crippen LogP contribution in [0.15, 0.2) is 24.3 Å². The minimum Gasteiger partial charge on any atom is -0.393 e. The third kappa shape index (κ3) is 3.21. The Morgan fingerprint density at radius 2 is 2.11 bits per heavy atom. The molecule has 1 amide bonds. The molecular formula is C13H15ClN2OS. The zero-order valence-corrected chi connectivity index (χ0v) is 11.5. The molecule has 0 aromatic heterocycles. The van der Waals surface area contributed by atoms with Gasteiger partial charge >= 0.3 is 0 Å². The molecule has 1 aliphatic carbocycles. The SMILES string of the molecule is NC(=S)CCN(C(=O)c1ccccc1Cl)C1CC1. The third-order valence-electron chi connectivity index (χ3n) is 2.95. The zero-order chi connectivity index (χ0) is 13.1. The summed E-state index contributed by atoms with van der Waals surface area (Å²) in [5, 5.41) is 0.489. The molecule has 0 aliphatic heterocycles. The fourth-order valence-corrected chi connectivity index (χ4v) is 2.16. The van der Waals surface area contributed by atoms with Gasteiger partial charge in [0, 0.05) is 19.0 Å². The van der Waals surface area contributed by atoms with Gasteiger partial charge in [0.15, 0.2) is 0 Å². The van der Waals surface area contributed by atoms with Gasteiger partial charge in [-0.1, -0.05) is 36.0 Å². The van der Waals surface area contributed by atoms with E-state index < -0.39 is 0 Å². The van der Waals surface area contributed by atoms with Crippen molar-refractivity contribution in [3.8, 4) is 0 Å². The lowest BCUT2D eigenvalue weighted by atomic mass is 10.2. The molecule has 1 fully saturated rings. The average Bonchev–Trinajstić information content (AvgIpc) is 3.13. The minimum absolute atomic E-state index is 0.0284. The molecule has 0 radical (unpaired) electrons. The van der Waals surface area contributed by atoms with E-state index in [-0.39, 0.29) is 5.91 Å². The number of amides is 1. The Bertz CT molecular complexity index is 474. The van der Waals surface area contributed by atoms with Gasteiger partial charge in [-0.15, -0.1) is 0 Å². The quantitative estimate of drug-likeness (QED) is 0.845. The molecule has 0 saturated heterocycles. The van der Waals surface area contributed by atoms with Gasteiger partial charge in [0.05, 0.1) is 15.6 Å². The highest BCUT2D eigenvalue weighted by atomic mass is 35.5. The molecular weight excluding hydrogens is 268 g/mol. The van der Waals surface area contributed by atoms with E-state index in [0.29, 0.717) is 34.6 Å². The topological polar surface area (TPSA) is 46.3 Å². The molecule has 1 aliphatic rings. The number of carbonyl (C=O) groups is 1. The highest BCUT2D eigenvalue weighted by Crippen LogP contribution is 2.29. The van der Waals surface area contributed by atoms with Crippen molar-refractivity contribution >= 4 is 34.7 Å². The highest BCUT2D eigenvalue weighted by molar-refractivity contribution is 7.80. The number of nitrogens with zero attached hydrogens (tertiary/aromatic N) is 1. The molecule has 0 heterocycles. The molecule has 0 spiro atoms. The van der Waals surface area contributed by atoms with Gasteiger partial charge in [-0.05, 0) is 25.0 Å². The Kier molecular flexibility index (Phi) is 4.19. The van der Waals surface area contributed by atoms with Crippen LogP contribution >= 0.6 is 23.8 Å². The van der Waals surface area contributed by atoms with Crippen LogP contribution in [0.25, 0.3) is 0 Å². The van der Waals surface area contributed by atoms with Crippen LogP contribution in [0.5, 0.6) is 0 Å². The molecule has 96 valence electrons. The van der Waals surface area contributed by atoms with Gasteiger partial charge in [-0.2, -0.15) is 0 Å². The van der Waals surface area contributed by atoms with Crippen LogP contribution in [-0.4, -0.2) is 28.4 Å². The van der Waals surface area contributed by atoms with Crippen molar-refractivity contribution in [2.24, 2.45) is 5.73 Å². The van der Waals surface area contributed by atoms with E-state index in [1.54, 1.807) is 12.1 Å². The van der Waals surface area contributed by atoms with Crippen LogP contribution in [0.4, 0.5) is 0 Å². The number of hydrogen-bond donors (Lipinski definition) is 1. The van der Waals surface area contributed by atoms with Crippen LogP contribution in [0.3, 0.4) is 0 Å². The van der Waals surface area contributed by atoms with E-state index in [4.69, 9.17) is 29.6 Å². The first-order chi connectivity index (χ1) is 8.59. The van der Waals surface area contributed by atoms with Crippen LogP contribution in [0.2, 0.25) is 5.02 Å². The molecule has 5 heteroatoms. The molecule has 1 saturated carbocycles. The lowest BCUT2D eigenvalue weighted by molar-refractivity contribution is 0.0748. The monoisotopic (exact) mass is 282 g/mol. The number of thiocarbonyl (C=S) groups is 1. The van der Waals surface area contributed by atoms with Gasteiger partial charge in [-0.3, -0.25) is 4.79 Å². The summed E-state index contributed by atoms with van der Waals surface area (Å²) in [7, 11) is 0. The van der Waals surface area contributed by atoms with E-state index in [1.165, 1.54) is 0 Å². The molecule has 18 heavy (non-hydrogen) atoms. The first-order valence-corrected chi connectivity index (χ1v) is 6.72. The maximum atomic E-state index is 12.4. The Labute approximate surface area is 117 Å². The van der Waals surface area contributed by atoms with Crippen molar-refractivity contribution in [1.29, 1.82) is 0 Å². The number of benzene rings is 1. The molecule has 0 atom stereocenters. The summed E-state index contributed by atoms with van der Waals surface area (Å²) >= 11 is 10.9. The largest absolute Gasteiger partial charge is 0.393 e. The summed E-state index contributed by atoms with van der Waals surface area (Å²) in [5.74, 6) is -0.0284. The van der Waals surface area contributed by atoms with Gasteiger partial charge in [-0.25, -0.2) is 0 Å². The first kappa shape index (κ1) is 13.3. The maximum Gasteiger partial charge on any atom is 0.255 e. The normalized spacial score (nSPS) is 14.3. The minimum atomic E-state index is -0.0284. The fourth-order valence-electron chi connectivity index (χ4n) is 1.86. The van der Waals surface area contributed by atoms with Crippen molar-refractivity contribution in [3.63, 3.8) is 0 Å². The predicted molar refractivity (Wildman–Crippen MR) is 76.9 cm³/mol. The number of halogens is 1. The summed E-state index contributed by atoms with van der Waals surface area (Å²) in [6.07, 6.45) is 2.66. The number of nitrogens with two attached hydrogens (primary N) is 1. The predicted octanol–water partition coefficient (Wildman–Crippen LogP) is 2.62. The van der Waals surface area contributed by atoms with Crippen LogP contribution in [0.1, 0.15) is 29.6 Å². The third-order valence-corrected chi connectivity index (χ3v) is 3.49. The summed E-state index contributed by atoms with van der Waals surface area (Å²) in [5.41, 5.74) is 6.05. The average molecular weight is 283 g/mol. The highest BCUT2D eigenvalue weighted by Gasteiger charge is 2.33. The summed E-state index contributed by atoms with van der Waals surface area (Å²) in [4.78, 5) is 14.7. The Hall–Kier alpha value is -1.13. The molecule has 2 rings (SSSR count). The summed E-state index contributed by atoms with van der Waals surface area (Å²) < 4.78 is 0. The number of rotatable bonds is 5. The Morgan fingerprint density at radius 1 is 1.44 bits per heavy atom. The van der Waals surface area contributed by atoms with E-state index in [9.17, 15) is 4.79 Å². The Morgan fingerprint density at radius 3 is 2.67 bits per heavy atom. The number of hydrogen-bond acceptors (Lipinski definition) is 2. The van der Waals surface area contributed by atoms with Crippen molar-refractivity contribution in [2.45, 2.75) is 25.3 Å². The maximum absolute atomic E-state index is 12.4. The smallest absolute Gasteiger partial charge is 0.255 e. The van der Waals surface area contributed by atoms with Gasteiger partial charge in [0.25, 0.3) is 5.91 Å².